The summed E-state index contributed by atoms with van der Waals surface area (Å²) in [5, 5.41) is 14.2. The predicted molar refractivity (Wildman–Crippen MR) is 91.2 cm³/mol. The molecule has 0 bridgehead atoms. The van der Waals surface area contributed by atoms with Gasteiger partial charge in [-0.3, -0.25) is 9.35 Å². The lowest BCUT2D eigenvalue weighted by Gasteiger charge is -2.06. The van der Waals surface area contributed by atoms with Crippen LogP contribution >= 0.6 is 0 Å². The van der Waals surface area contributed by atoms with Crippen LogP contribution in [0.4, 0.5) is 11.5 Å². The van der Waals surface area contributed by atoms with E-state index in [-0.39, 0.29) is 16.2 Å². The highest BCUT2D eigenvalue weighted by molar-refractivity contribution is 7.85. The Morgan fingerprint density at radius 2 is 2.08 bits per heavy atom. The van der Waals surface area contributed by atoms with E-state index in [0.717, 1.165) is 11.6 Å². The number of nitriles is 1. The average molecular weight is 358 g/mol. The molecule has 3 N–H and O–H groups in total. The van der Waals surface area contributed by atoms with Gasteiger partial charge in [-0.1, -0.05) is 12.1 Å². The molecule has 2 rings (SSSR count). The van der Waals surface area contributed by atoms with Gasteiger partial charge in [-0.15, -0.1) is 0 Å². The third-order valence-corrected chi connectivity index (χ3v) is 3.88. The van der Waals surface area contributed by atoms with Gasteiger partial charge in [-0.05, 0) is 36.8 Å². The maximum atomic E-state index is 12.1. The van der Waals surface area contributed by atoms with Crippen molar-refractivity contribution in [2.75, 3.05) is 10.6 Å². The first-order valence-electron chi connectivity index (χ1n) is 6.98. The molecular weight excluding hydrogens is 344 g/mol. The summed E-state index contributed by atoms with van der Waals surface area (Å²) >= 11 is 0. The van der Waals surface area contributed by atoms with Crippen LogP contribution < -0.4 is 10.6 Å². The van der Waals surface area contributed by atoms with Crippen LogP contribution in [0.25, 0.3) is 0 Å². The predicted octanol–water partition coefficient (Wildman–Crippen LogP) is 2.09. The van der Waals surface area contributed by atoms with Crippen molar-refractivity contribution in [1.82, 2.24) is 4.98 Å². The number of hydrogen-bond donors (Lipinski definition) is 3. The number of pyridine rings is 1. The number of amides is 1. The second-order valence-electron chi connectivity index (χ2n) is 4.99. The average Bonchev–Trinajstić information content (AvgIpc) is 2.56. The summed E-state index contributed by atoms with van der Waals surface area (Å²) in [4.78, 5) is 15.8. The molecule has 0 aliphatic carbocycles. The third kappa shape index (κ3) is 5.13. The molecule has 2 aromatic rings. The molecule has 0 aliphatic rings. The van der Waals surface area contributed by atoms with E-state index in [4.69, 9.17) is 9.81 Å². The maximum Gasteiger partial charge on any atom is 0.294 e. The summed E-state index contributed by atoms with van der Waals surface area (Å²) in [6, 6.07) is 10.3. The standard InChI is InChI=1S/C16H14N4O4S/c1-11-5-6-15(18-9-11)19-10-12(8-17)16(21)20-13-3-2-4-14(7-13)25(22,23)24/h2-7,9-10H,1H3,(H,18,19)(H,20,21)(H,22,23,24)/b12-10-. The highest BCUT2D eigenvalue weighted by Gasteiger charge is 2.13. The minimum atomic E-state index is -4.39. The normalized spacial score (nSPS) is 11.5. The highest BCUT2D eigenvalue weighted by Crippen LogP contribution is 2.16. The lowest BCUT2D eigenvalue weighted by atomic mass is 10.2. The van der Waals surface area contributed by atoms with E-state index in [1.807, 2.05) is 13.0 Å². The molecular formula is C16H14N4O4S. The van der Waals surface area contributed by atoms with E-state index < -0.39 is 16.0 Å². The van der Waals surface area contributed by atoms with Crippen LogP contribution in [0.2, 0.25) is 0 Å². The topological polar surface area (TPSA) is 132 Å². The third-order valence-electron chi connectivity index (χ3n) is 3.03. The number of nitrogens with zero attached hydrogens (tertiary/aromatic N) is 2. The van der Waals surface area contributed by atoms with Crippen LogP contribution in [0.15, 0.2) is 59.3 Å². The van der Waals surface area contributed by atoms with Crippen molar-refractivity contribution in [2.24, 2.45) is 0 Å². The number of aryl methyl sites for hydroxylation is 1. The molecule has 0 saturated carbocycles. The lowest BCUT2D eigenvalue weighted by molar-refractivity contribution is -0.112. The van der Waals surface area contributed by atoms with Crippen molar-refractivity contribution in [3.8, 4) is 6.07 Å². The Bertz CT molecular complexity index is 960. The Balaban J connectivity index is 2.14. The van der Waals surface area contributed by atoms with Gasteiger partial charge in [0, 0.05) is 18.1 Å². The van der Waals surface area contributed by atoms with Gasteiger partial charge in [0.15, 0.2) is 0 Å². The Morgan fingerprint density at radius 3 is 2.68 bits per heavy atom. The van der Waals surface area contributed by atoms with Gasteiger partial charge in [-0.2, -0.15) is 13.7 Å². The van der Waals surface area contributed by atoms with Crippen molar-refractivity contribution in [3.05, 3.63) is 59.9 Å². The van der Waals surface area contributed by atoms with Gasteiger partial charge < -0.3 is 10.6 Å². The molecule has 128 valence electrons. The van der Waals surface area contributed by atoms with Crippen molar-refractivity contribution in [2.45, 2.75) is 11.8 Å². The fraction of sp³-hybridized carbons (Fsp3) is 0.0625. The molecule has 8 nitrogen and oxygen atoms in total. The van der Waals surface area contributed by atoms with Crippen molar-refractivity contribution >= 4 is 27.5 Å². The molecule has 0 aliphatic heterocycles. The number of benzene rings is 1. The number of nitrogens with one attached hydrogen (secondary N) is 2. The summed E-state index contributed by atoms with van der Waals surface area (Å²) in [6.45, 7) is 1.88. The SMILES string of the molecule is Cc1ccc(N/C=C(/C#N)C(=O)Nc2cccc(S(=O)(=O)O)c2)nc1. The molecule has 0 fully saturated rings. The minimum Gasteiger partial charge on any atom is -0.345 e. The summed E-state index contributed by atoms with van der Waals surface area (Å²) in [7, 11) is -4.39. The second-order valence-corrected chi connectivity index (χ2v) is 6.41. The molecule has 1 aromatic carbocycles. The molecule has 0 atom stereocenters. The zero-order valence-electron chi connectivity index (χ0n) is 13.1. The van der Waals surface area contributed by atoms with Crippen LogP contribution in [-0.2, 0) is 14.9 Å². The monoisotopic (exact) mass is 358 g/mol. The molecule has 0 spiro atoms. The Kier molecular flexibility index (Phi) is 5.49. The Morgan fingerprint density at radius 1 is 1.32 bits per heavy atom. The van der Waals surface area contributed by atoms with Crippen LogP contribution in [0.3, 0.4) is 0 Å². The number of hydrogen-bond acceptors (Lipinski definition) is 6. The quantitative estimate of drug-likeness (QED) is 0.423. The first-order chi connectivity index (χ1) is 11.8. The molecule has 1 heterocycles. The molecule has 0 unspecified atom stereocenters. The van der Waals surface area contributed by atoms with Gasteiger partial charge >= 0.3 is 0 Å². The van der Waals surface area contributed by atoms with E-state index >= 15 is 0 Å². The summed E-state index contributed by atoms with van der Waals surface area (Å²) in [6.07, 6.45) is 2.82. The van der Waals surface area contributed by atoms with Gasteiger partial charge in [0.1, 0.15) is 17.5 Å². The fourth-order valence-corrected chi connectivity index (χ4v) is 2.31. The fourth-order valence-electron chi connectivity index (χ4n) is 1.78. The van der Waals surface area contributed by atoms with Crippen LogP contribution in [-0.4, -0.2) is 23.9 Å². The molecule has 1 aromatic heterocycles. The van der Waals surface area contributed by atoms with Gasteiger partial charge in [0.25, 0.3) is 16.0 Å². The molecule has 0 saturated heterocycles. The van der Waals surface area contributed by atoms with Crippen LogP contribution in [0.5, 0.6) is 0 Å². The zero-order valence-corrected chi connectivity index (χ0v) is 13.9. The number of carbonyl (C=O) groups excluding carboxylic acids is 1. The maximum absolute atomic E-state index is 12.1. The molecule has 0 radical (unpaired) electrons. The van der Waals surface area contributed by atoms with Gasteiger partial charge in [0.05, 0.1) is 4.90 Å². The molecule has 25 heavy (non-hydrogen) atoms. The minimum absolute atomic E-state index is 0.120. The van der Waals surface area contributed by atoms with Crippen LogP contribution in [0, 0.1) is 18.3 Å². The lowest BCUT2D eigenvalue weighted by Crippen LogP contribution is -2.15. The number of carbonyl (C=O) groups is 1. The summed E-state index contributed by atoms with van der Waals surface area (Å²) in [5.74, 6) is -0.283. The zero-order chi connectivity index (χ0) is 18.4. The number of rotatable bonds is 5. The Labute approximate surface area is 144 Å². The first kappa shape index (κ1) is 18.1. The van der Waals surface area contributed by atoms with Crippen molar-refractivity contribution in [3.63, 3.8) is 0 Å². The summed E-state index contributed by atoms with van der Waals surface area (Å²) < 4.78 is 31.2. The van der Waals surface area contributed by atoms with E-state index in [1.54, 1.807) is 18.3 Å². The molecule has 9 heteroatoms. The Hall–Kier alpha value is -3.22. The second kappa shape index (κ2) is 7.57. The largest absolute Gasteiger partial charge is 0.345 e. The molecule has 1 amide bonds. The van der Waals surface area contributed by atoms with E-state index in [9.17, 15) is 13.2 Å². The van der Waals surface area contributed by atoms with Crippen LogP contribution in [0.1, 0.15) is 5.56 Å². The highest BCUT2D eigenvalue weighted by atomic mass is 32.2. The van der Waals surface area contributed by atoms with E-state index in [1.165, 1.54) is 24.4 Å². The number of aromatic nitrogens is 1. The van der Waals surface area contributed by atoms with E-state index in [0.29, 0.717) is 5.82 Å². The van der Waals surface area contributed by atoms with Crippen molar-refractivity contribution in [1.29, 1.82) is 5.26 Å². The first-order valence-corrected chi connectivity index (χ1v) is 8.42. The van der Waals surface area contributed by atoms with E-state index in [2.05, 4.69) is 15.6 Å². The van der Waals surface area contributed by atoms with Crippen molar-refractivity contribution < 1.29 is 17.8 Å². The summed E-state index contributed by atoms with van der Waals surface area (Å²) in [5.41, 5.74) is 0.848. The number of anilines is 2. The van der Waals surface area contributed by atoms with Gasteiger partial charge in [-0.25, -0.2) is 4.98 Å². The smallest absolute Gasteiger partial charge is 0.294 e. The van der Waals surface area contributed by atoms with Gasteiger partial charge in [0.2, 0.25) is 0 Å².